The Morgan fingerprint density at radius 3 is 2.35 bits per heavy atom. The van der Waals surface area contributed by atoms with Crippen molar-refractivity contribution in [2.24, 2.45) is 0 Å². The van der Waals surface area contributed by atoms with Crippen LogP contribution in [0, 0.1) is 17.5 Å². The zero-order chi connectivity index (χ0) is 12.4. The molecule has 1 fully saturated rings. The van der Waals surface area contributed by atoms with E-state index in [9.17, 15) is 18.3 Å². The highest BCUT2D eigenvalue weighted by Crippen LogP contribution is 2.27. The van der Waals surface area contributed by atoms with Crippen LogP contribution in [0.3, 0.4) is 0 Å². The first-order chi connectivity index (χ1) is 8.09. The van der Waals surface area contributed by atoms with Gasteiger partial charge in [0.25, 0.3) is 0 Å². The molecule has 1 heterocycles. The van der Waals surface area contributed by atoms with Crippen molar-refractivity contribution in [3.8, 4) is 0 Å². The molecule has 0 saturated carbocycles. The van der Waals surface area contributed by atoms with Crippen molar-refractivity contribution in [3.05, 3.63) is 35.1 Å². The molecule has 2 atom stereocenters. The number of hydrogen-bond donors (Lipinski definition) is 2. The second-order valence-electron chi connectivity index (χ2n) is 4.28. The highest BCUT2D eigenvalue weighted by atomic mass is 19.1. The summed E-state index contributed by atoms with van der Waals surface area (Å²) >= 11 is 0. The fourth-order valence-electron chi connectivity index (χ4n) is 2.19. The topological polar surface area (TPSA) is 32.3 Å². The summed E-state index contributed by atoms with van der Waals surface area (Å²) in [7, 11) is 0. The summed E-state index contributed by atoms with van der Waals surface area (Å²) in [6.45, 7) is 0.714. The maximum absolute atomic E-state index is 13.4. The lowest BCUT2D eigenvalue weighted by atomic mass is 9.94. The summed E-state index contributed by atoms with van der Waals surface area (Å²) in [5, 5.41) is 12.9. The van der Waals surface area contributed by atoms with Gasteiger partial charge < -0.3 is 10.4 Å². The molecule has 17 heavy (non-hydrogen) atoms. The van der Waals surface area contributed by atoms with Gasteiger partial charge in [-0.1, -0.05) is 6.42 Å². The number of rotatable bonds is 2. The van der Waals surface area contributed by atoms with Crippen LogP contribution in [0.5, 0.6) is 0 Å². The third-order valence-electron chi connectivity index (χ3n) is 3.07. The fourth-order valence-corrected chi connectivity index (χ4v) is 2.19. The van der Waals surface area contributed by atoms with Crippen LogP contribution in [0.15, 0.2) is 12.1 Å². The van der Waals surface area contributed by atoms with E-state index in [1.54, 1.807) is 0 Å². The summed E-state index contributed by atoms with van der Waals surface area (Å²) in [6, 6.07) is 0.799. The first-order valence-corrected chi connectivity index (χ1v) is 5.65. The Balaban J connectivity index is 2.26. The standard InChI is InChI=1S/C12H14F3NO/c13-7-5-8(14)11(9(15)6-7)12(17)10-3-1-2-4-16-10/h5-6,10,12,16-17H,1-4H2. The Bertz CT molecular complexity index is 382. The summed E-state index contributed by atoms with van der Waals surface area (Å²) < 4.78 is 39.6. The van der Waals surface area contributed by atoms with Crippen molar-refractivity contribution in [1.29, 1.82) is 0 Å². The van der Waals surface area contributed by atoms with E-state index < -0.39 is 29.1 Å². The third kappa shape index (κ3) is 2.61. The number of halogens is 3. The summed E-state index contributed by atoms with van der Waals surface area (Å²) in [4.78, 5) is 0. The van der Waals surface area contributed by atoms with Gasteiger partial charge in [-0.05, 0) is 19.4 Å². The molecule has 94 valence electrons. The minimum Gasteiger partial charge on any atom is -0.387 e. The fraction of sp³-hybridized carbons (Fsp3) is 0.500. The van der Waals surface area contributed by atoms with Gasteiger partial charge in [-0.25, -0.2) is 13.2 Å². The SMILES string of the molecule is OC(c1c(F)cc(F)cc1F)C1CCCCN1. The molecule has 1 aromatic carbocycles. The van der Waals surface area contributed by atoms with E-state index in [-0.39, 0.29) is 6.04 Å². The van der Waals surface area contributed by atoms with E-state index in [4.69, 9.17) is 0 Å². The molecule has 0 spiro atoms. The number of benzene rings is 1. The highest BCUT2D eigenvalue weighted by Gasteiger charge is 2.28. The Morgan fingerprint density at radius 1 is 1.18 bits per heavy atom. The van der Waals surface area contributed by atoms with Crippen LogP contribution in [-0.4, -0.2) is 17.7 Å². The van der Waals surface area contributed by atoms with E-state index >= 15 is 0 Å². The molecular formula is C12H14F3NO. The number of piperidine rings is 1. The Morgan fingerprint density at radius 2 is 1.82 bits per heavy atom. The van der Waals surface area contributed by atoms with Crippen molar-refractivity contribution in [3.63, 3.8) is 0 Å². The van der Waals surface area contributed by atoms with E-state index in [0.29, 0.717) is 25.1 Å². The second-order valence-corrected chi connectivity index (χ2v) is 4.28. The predicted molar refractivity (Wildman–Crippen MR) is 56.9 cm³/mol. The Hall–Kier alpha value is -1.07. The van der Waals surface area contributed by atoms with Crippen LogP contribution in [0.1, 0.15) is 30.9 Å². The van der Waals surface area contributed by atoms with Crippen molar-refractivity contribution >= 4 is 0 Å². The lowest BCUT2D eigenvalue weighted by Crippen LogP contribution is -2.39. The quantitative estimate of drug-likeness (QED) is 0.837. The predicted octanol–water partition coefficient (Wildman–Crippen LogP) is 2.28. The molecule has 0 bridgehead atoms. The summed E-state index contributed by atoms with van der Waals surface area (Å²) in [5.74, 6) is -3.06. The largest absolute Gasteiger partial charge is 0.387 e. The van der Waals surface area contributed by atoms with Gasteiger partial charge in [0.1, 0.15) is 17.5 Å². The van der Waals surface area contributed by atoms with Gasteiger partial charge in [0, 0.05) is 18.2 Å². The zero-order valence-corrected chi connectivity index (χ0v) is 9.22. The molecule has 0 aliphatic carbocycles. The molecule has 0 amide bonds. The van der Waals surface area contributed by atoms with Crippen molar-refractivity contribution < 1.29 is 18.3 Å². The molecule has 1 aliphatic rings. The van der Waals surface area contributed by atoms with Crippen molar-refractivity contribution in [2.75, 3.05) is 6.54 Å². The normalized spacial score (nSPS) is 22.5. The molecule has 0 radical (unpaired) electrons. The van der Waals surface area contributed by atoms with E-state index in [1.807, 2.05) is 0 Å². The van der Waals surface area contributed by atoms with Crippen molar-refractivity contribution in [2.45, 2.75) is 31.4 Å². The third-order valence-corrected chi connectivity index (χ3v) is 3.07. The van der Waals surface area contributed by atoms with E-state index in [0.717, 1.165) is 12.8 Å². The maximum atomic E-state index is 13.4. The van der Waals surface area contributed by atoms with Crippen LogP contribution in [0.25, 0.3) is 0 Å². The van der Waals surface area contributed by atoms with E-state index in [1.165, 1.54) is 0 Å². The van der Waals surface area contributed by atoms with Crippen LogP contribution < -0.4 is 5.32 Å². The monoisotopic (exact) mass is 245 g/mol. The number of aliphatic hydroxyl groups excluding tert-OH is 1. The molecule has 2 N–H and O–H groups in total. The second kappa shape index (κ2) is 5.06. The zero-order valence-electron chi connectivity index (χ0n) is 9.22. The molecular weight excluding hydrogens is 231 g/mol. The Kier molecular flexibility index (Phi) is 3.69. The van der Waals surface area contributed by atoms with Gasteiger partial charge in [0.05, 0.1) is 11.7 Å². The van der Waals surface area contributed by atoms with Crippen LogP contribution >= 0.6 is 0 Å². The van der Waals surface area contributed by atoms with Crippen LogP contribution in [0.2, 0.25) is 0 Å². The van der Waals surface area contributed by atoms with Gasteiger partial charge >= 0.3 is 0 Å². The molecule has 2 unspecified atom stereocenters. The molecule has 5 heteroatoms. The number of aliphatic hydroxyl groups is 1. The maximum Gasteiger partial charge on any atom is 0.134 e. The van der Waals surface area contributed by atoms with E-state index in [2.05, 4.69) is 5.32 Å². The minimum atomic E-state index is -1.28. The average Bonchev–Trinajstić information content (AvgIpc) is 2.28. The average molecular weight is 245 g/mol. The van der Waals surface area contributed by atoms with Crippen LogP contribution in [0.4, 0.5) is 13.2 Å². The summed E-state index contributed by atoms with van der Waals surface area (Å²) in [5.41, 5.74) is -0.453. The lowest BCUT2D eigenvalue weighted by molar-refractivity contribution is 0.106. The number of hydrogen-bond acceptors (Lipinski definition) is 2. The molecule has 0 aromatic heterocycles. The number of nitrogens with one attached hydrogen (secondary N) is 1. The molecule has 1 aromatic rings. The first kappa shape index (κ1) is 12.4. The summed E-state index contributed by atoms with van der Waals surface area (Å²) in [6.07, 6.45) is 1.25. The molecule has 2 rings (SSSR count). The van der Waals surface area contributed by atoms with Gasteiger partial charge in [-0.15, -0.1) is 0 Å². The molecule has 2 nitrogen and oxygen atoms in total. The molecule has 1 aliphatic heterocycles. The van der Waals surface area contributed by atoms with Gasteiger partial charge in [-0.2, -0.15) is 0 Å². The lowest BCUT2D eigenvalue weighted by Gasteiger charge is -2.28. The van der Waals surface area contributed by atoms with Crippen molar-refractivity contribution in [1.82, 2.24) is 5.32 Å². The smallest absolute Gasteiger partial charge is 0.134 e. The Labute approximate surface area is 97.5 Å². The first-order valence-electron chi connectivity index (χ1n) is 5.65. The van der Waals surface area contributed by atoms with Gasteiger partial charge in [-0.3, -0.25) is 0 Å². The van der Waals surface area contributed by atoms with Gasteiger partial charge in [0.2, 0.25) is 0 Å². The molecule has 1 saturated heterocycles. The van der Waals surface area contributed by atoms with Gasteiger partial charge in [0.15, 0.2) is 0 Å². The highest BCUT2D eigenvalue weighted by molar-refractivity contribution is 5.24. The minimum absolute atomic E-state index is 0.377. The van der Waals surface area contributed by atoms with Crippen LogP contribution in [-0.2, 0) is 0 Å².